The van der Waals surface area contributed by atoms with Crippen LogP contribution in [0.25, 0.3) is 0 Å². The zero-order valence-electron chi connectivity index (χ0n) is 6.21. The predicted molar refractivity (Wildman–Crippen MR) is 39.3 cm³/mol. The summed E-state index contributed by atoms with van der Waals surface area (Å²) in [6.07, 6.45) is 1.31. The maximum Gasteiger partial charge on any atom is 0.407 e. The monoisotopic (exact) mass is 157 g/mol. The fraction of sp³-hybridized carbons (Fsp3) is 0.571. The van der Waals surface area contributed by atoms with E-state index in [0.29, 0.717) is 6.54 Å². The van der Waals surface area contributed by atoms with Gasteiger partial charge in [-0.1, -0.05) is 12.7 Å². The van der Waals surface area contributed by atoms with Gasteiger partial charge >= 0.3 is 6.09 Å². The highest BCUT2D eigenvalue weighted by atomic mass is 16.6. The number of amides is 1. The Hall–Kier alpha value is -1.03. The molecule has 0 aromatic rings. The number of epoxide rings is 1. The first-order chi connectivity index (χ1) is 5.33. The minimum atomic E-state index is -0.416. The lowest BCUT2D eigenvalue weighted by Gasteiger charge is -2.01. The molecule has 1 rings (SSSR count). The molecule has 1 saturated heterocycles. The summed E-state index contributed by atoms with van der Waals surface area (Å²) in [4.78, 5) is 10.7. The van der Waals surface area contributed by atoms with Gasteiger partial charge in [0.1, 0.15) is 6.61 Å². The zero-order chi connectivity index (χ0) is 8.10. The molecule has 0 spiro atoms. The predicted octanol–water partition coefficient (Wildman–Crippen LogP) is 0.297. The molecule has 62 valence electrons. The van der Waals surface area contributed by atoms with Gasteiger partial charge in [-0.25, -0.2) is 4.79 Å². The summed E-state index contributed by atoms with van der Waals surface area (Å²) in [5.41, 5.74) is 0. The number of carbonyl (C=O) groups excluding carboxylic acids is 1. The Balaban J connectivity index is 1.95. The summed E-state index contributed by atoms with van der Waals surface area (Å²) in [7, 11) is 0. The Morgan fingerprint density at radius 1 is 1.91 bits per heavy atom. The van der Waals surface area contributed by atoms with E-state index in [1.54, 1.807) is 0 Å². The van der Waals surface area contributed by atoms with E-state index in [1.807, 2.05) is 0 Å². The molecule has 1 heterocycles. The standard InChI is InChI=1S/C7H11NO3/c1-2-3-10-7(9)8-4-6-5-11-6/h2,6H,1,3-5H2,(H,8,9)/t6-/m0/s1. The Morgan fingerprint density at radius 2 is 2.64 bits per heavy atom. The Kier molecular flexibility index (Phi) is 2.92. The van der Waals surface area contributed by atoms with Gasteiger partial charge in [-0.05, 0) is 0 Å². The Labute approximate surface area is 65.2 Å². The number of ether oxygens (including phenoxy) is 2. The highest BCUT2D eigenvalue weighted by Crippen LogP contribution is 2.05. The smallest absolute Gasteiger partial charge is 0.407 e. The molecule has 4 nitrogen and oxygen atoms in total. The zero-order valence-corrected chi connectivity index (χ0v) is 6.21. The largest absolute Gasteiger partial charge is 0.445 e. The number of hydrogen-bond donors (Lipinski definition) is 1. The maximum atomic E-state index is 10.7. The number of rotatable bonds is 4. The minimum Gasteiger partial charge on any atom is -0.445 e. The van der Waals surface area contributed by atoms with Crippen LogP contribution in [0.1, 0.15) is 0 Å². The Morgan fingerprint density at radius 3 is 3.18 bits per heavy atom. The van der Waals surface area contributed by atoms with Crippen LogP contribution in [0, 0.1) is 0 Å². The van der Waals surface area contributed by atoms with Crippen LogP contribution in [0.2, 0.25) is 0 Å². The van der Waals surface area contributed by atoms with E-state index in [0.717, 1.165) is 6.61 Å². The van der Waals surface area contributed by atoms with Gasteiger partial charge in [-0.15, -0.1) is 0 Å². The van der Waals surface area contributed by atoms with Crippen LogP contribution in [0.15, 0.2) is 12.7 Å². The molecule has 1 aliphatic rings. The van der Waals surface area contributed by atoms with Crippen LogP contribution >= 0.6 is 0 Å². The molecule has 4 heteroatoms. The fourth-order valence-corrected chi connectivity index (χ4v) is 0.569. The molecule has 0 unspecified atom stereocenters. The highest BCUT2D eigenvalue weighted by Gasteiger charge is 2.22. The summed E-state index contributed by atoms with van der Waals surface area (Å²) >= 11 is 0. The number of carbonyl (C=O) groups is 1. The van der Waals surface area contributed by atoms with E-state index in [1.165, 1.54) is 6.08 Å². The van der Waals surface area contributed by atoms with E-state index in [9.17, 15) is 4.79 Å². The molecular weight excluding hydrogens is 146 g/mol. The molecular formula is C7H11NO3. The second kappa shape index (κ2) is 3.98. The van der Waals surface area contributed by atoms with Crippen molar-refractivity contribution >= 4 is 6.09 Å². The van der Waals surface area contributed by atoms with Gasteiger partial charge in [0.2, 0.25) is 0 Å². The second-order valence-corrected chi connectivity index (χ2v) is 2.22. The first-order valence-electron chi connectivity index (χ1n) is 3.46. The average Bonchev–Trinajstić information content (AvgIpc) is 2.80. The summed E-state index contributed by atoms with van der Waals surface area (Å²) in [6.45, 7) is 4.93. The van der Waals surface area contributed by atoms with Crippen LogP contribution in [0.3, 0.4) is 0 Å². The molecule has 1 atom stereocenters. The molecule has 1 fully saturated rings. The lowest BCUT2D eigenvalue weighted by Crippen LogP contribution is -2.28. The molecule has 11 heavy (non-hydrogen) atoms. The van der Waals surface area contributed by atoms with E-state index in [-0.39, 0.29) is 12.7 Å². The van der Waals surface area contributed by atoms with Crippen LogP contribution in [0.4, 0.5) is 4.79 Å². The van der Waals surface area contributed by atoms with Crippen molar-refractivity contribution in [2.45, 2.75) is 6.10 Å². The lowest BCUT2D eigenvalue weighted by molar-refractivity contribution is 0.157. The summed E-state index contributed by atoms with van der Waals surface area (Å²) in [6, 6.07) is 0. The third-order valence-electron chi connectivity index (χ3n) is 1.21. The van der Waals surface area contributed by atoms with Gasteiger partial charge in [0.05, 0.1) is 12.7 Å². The van der Waals surface area contributed by atoms with Crippen molar-refractivity contribution in [2.75, 3.05) is 19.8 Å². The molecule has 0 radical (unpaired) electrons. The van der Waals surface area contributed by atoms with Gasteiger partial charge < -0.3 is 14.8 Å². The van der Waals surface area contributed by atoms with Gasteiger partial charge in [0.25, 0.3) is 0 Å². The third-order valence-corrected chi connectivity index (χ3v) is 1.21. The number of hydrogen-bond acceptors (Lipinski definition) is 3. The molecule has 1 aliphatic heterocycles. The molecule has 1 amide bonds. The Bertz CT molecular complexity index is 154. The molecule has 0 aromatic heterocycles. The summed E-state index contributed by atoms with van der Waals surface area (Å²) in [5, 5.41) is 2.55. The van der Waals surface area contributed by atoms with Gasteiger partial charge in [0.15, 0.2) is 0 Å². The SMILES string of the molecule is C=CCOC(=O)NC[C@H]1CO1. The average molecular weight is 157 g/mol. The summed E-state index contributed by atoms with van der Waals surface area (Å²) < 4.78 is 9.52. The van der Waals surface area contributed by atoms with Crippen LogP contribution < -0.4 is 5.32 Å². The van der Waals surface area contributed by atoms with Crippen molar-refractivity contribution in [2.24, 2.45) is 0 Å². The van der Waals surface area contributed by atoms with Crippen LogP contribution in [-0.4, -0.2) is 32.0 Å². The molecule has 0 bridgehead atoms. The molecule has 0 aliphatic carbocycles. The molecule has 0 aromatic carbocycles. The quantitative estimate of drug-likeness (QED) is 0.471. The highest BCUT2D eigenvalue weighted by molar-refractivity contribution is 5.67. The van der Waals surface area contributed by atoms with Gasteiger partial charge in [-0.2, -0.15) is 0 Å². The van der Waals surface area contributed by atoms with Crippen molar-refractivity contribution < 1.29 is 14.3 Å². The molecule has 0 saturated carbocycles. The first kappa shape index (κ1) is 8.07. The number of nitrogens with one attached hydrogen (secondary N) is 1. The lowest BCUT2D eigenvalue weighted by atomic mass is 10.5. The second-order valence-electron chi connectivity index (χ2n) is 2.22. The topological polar surface area (TPSA) is 50.9 Å². The van der Waals surface area contributed by atoms with Crippen molar-refractivity contribution in [3.8, 4) is 0 Å². The van der Waals surface area contributed by atoms with Gasteiger partial charge in [-0.3, -0.25) is 0 Å². The van der Waals surface area contributed by atoms with Crippen molar-refractivity contribution in [1.82, 2.24) is 5.32 Å². The van der Waals surface area contributed by atoms with E-state index in [2.05, 4.69) is 16.6 Å². The van der Waals surface area contributed by atoms with Crippen molar-refractivity contribution in [3.05, 3.63) is 12.7 Å². The maximum absolute atomic E-state index is 10.7. The normalized spacial score (nSPS) is 20.5. The molecule has 1 N–H and O–H groups in total. The minimum absolute atomic E-state index is 0.200. The van der Waals surface area contributed by atoms with E-state index in [4.69, 9.17) is 4.74 Å². The first-order valence-corrected chi connectivity index (χ1v) is 3.46. The van der Waals surface area contributed by atoms with Crippen molar-refractivity contribution in [3.63, 3.8) is 0 Å². The van der Waals surface area contributed by atoms with Crippen LogP contribution in [0.5, 0.6) is 0 Å². The number of alkyl carbamates (subject to hydrolysis) is 1. The summed E-state index contributed by atoms with van der Waals surface area (Å²) in [5.74, 6) is 0. The van der Waals surface area contributed by atoms with Crippen molar-refractivity contribution in [1.29, 1.82) is 0 Å². The van der Waals surface area contributed by atoms with Crippen LogP contribution in [-0.2, 0) is 9.47 Å². The van der Waals surface area contributed by atoms with Gasteiger partial charge in [0, 0.05) is 6.54 Å². The van der Waals surface area contributed by atoms with E-state index >= 15 is 0 Å². The fourth-order valence-electron chi connectivity index (χ4n) is 0.569. The third kappa shape index (κ3) is 3.62. The van der Waals surface area contributed by atoms with E-state index < -0.39 is 6.09 Å².